The fourth-order valence-corrected chi connectivity index (χ4v) is 2.29. The average molecular weight is 214 g/mol. The average Bonchev–Trinajstić information content (AvgIpc) is 2.29. The van der Waals surface area contributed by atoms with Gasteiger partial charge in [0.15, 0.2) is 0 Å². The molecule has 0 aromatic heterocycles. The number of hydrogen-bond acceptors (Lipinski definition) is 0. The van der Waals surface area contributed by atoms with Crippen LogP contribution in [0.25, 0.3) is 5.57 Å². The Morgan fingerprint density at radius 2 is 1.88 bits per heavy atom. The van der Waals surface area contributed by atoms with Gasteiger partial charge in [-0.1, -0.05) is 51.1 Å². The number of benzene rings is 1. The Morgan fingerprint density at radius 3 is 2.50 bits per heavy atom. The third-order valence-corrected chi connectivity index (χ3v) is 3.39. The minimum absolute atomic E-state index is 0.255. The van der Waals surface area contributed by atoms with Gasteiger partial charge >= 0.3 is 0 Å². The summed E-state index contributed by atoms with van der Waals surface area (Å²) in [6.45, 7) is 6.84. The van der Waals surface area contributed by atoms with Crippen molar-refractivity contribution in [2.45, 2.75) is 51.9 Å². The molecule has 0 nitrogen and oxygen atoms in total. The zero-order valence-electron chi connectivity index (χ0n) is 10.7. The molecule has 0 heteroatoms. The van der Waals surface area contributed by atoms with Crippen molar-refractivity contribution in [2.24, 2.45) is 0 Å². The molecule has 1 aromatic rings. The van der Waals surface area contributed by atoms with Gasteiger partial charge in [0.05, 0.1) is 0 Å². The highest BCUT2D eigenvalue weighted by Crippen LogP contribution is 2.30. The fraction of sp³-hybridized carbons (Fsp3) is 0.500. The van der Waals surface area contributed by atoms with Crippen molar-refractivity contribution >= 4 is 5.57 Å². The number of allylic oxidation sites excluding steroid dienone is 2. The molecule has 0 spiro atoms. The topological polar surface area (TPSA) is 0 Å². The summed E-state index contributed by atoms with van der Waals surface area (Å²) in [6, 6.07) is 9.07. The normalized spacial score (nSPS) is 17.1. The molecule has 0 heterocycles. The van der Waals surface area contributed by atoms with Gasteiger partial charge in [-0.2, -0.15) is 0 Å². The summed E-state index contributed by atoms with van der Waals surface area (Å²) in [5.41, 5.74) is 4.69. The molecule has 1 aliphatic carbocycles. The fourth-order valence-electron chi connectivity index (χ4n) is 2.29. The van der Waals surface area contributed by atoms with Crippen LogP contribution < -0.4 is 0 Å². The highest BCUT2D eigenvalue weighted by molar-refractivity contribution is 5.66. The van der Waals surface area contributed by atoms with Crippen LogP contribution >= 0.6 is 0 Å². The second kappa shape index (κ2) is 4.45. The highest BCUT2D eigenvalue weighted by Gasteiger charge is 2.14. The Bertz CT molecular complexity index is 391. The second-order valence-corrected chi connectivity index (χ2v) is 5.81. The van der Waals surface area contributed by atoms with E-state index in [1.807, 2.05) is 0 Å². The van der Waals surface area contributed by atoms with Crippen LogP contribution in [0.15, 0.2) is 30.3 Å². The van der Waals surface area contributed by atoms with Crippen molar-refractivity contribution in [1.29, 1.82) is 0 Å². The van der Waals surface area contributed by atoms with E-state index in [1.165, 1.54) is 36.8 Å². The molecule has 2 rings (SSSR count). The van der Waals surface area contributed by atoms with E-state index in [0.29, 0.717) is 0 Å². The predicted molar refractivity (Wildman–Crippen MR) is 71.6 cm³/mol. The third-order valence-electron chi connectivity index (χ3n) is 3.39. The molecule has 0 fully saturated rings. The van der Waals surface area contributed by atoms with E-state index in [2.05, 4.69) is 51.1 Å². The molecule has 16 heavy (non-hydrogen) atoms. The first-order valence-corrected chi connectivity index (χ1v) is 6.37. The van der Waals surface area contributed by atoms with E-state index in [1.54, 1.807) is 5.57 Å². The molecule has 0 saturated heterocycles. The molecular weight excluding hydrogens is 192 g/mol. The Labute approximate surface area is 99.4 Å². The predicted octanol–water partition coefficient (Wildman–Crippen LogP) is 4.94. The number of hydrogen-bond donors (Lipinski definition) is 0. The van der Waals surface area contributed by atoms with E-state index in [9.17, 15) is 0 Å². The lowest BCUT2D eigenvalue weighted by atomic mass is 9.84. The summed E-state index contributed by atoms with van der Waals surface area (Å²) in [7, 11) is 0. The minimum Gasteiger partial charge on any atom is -0.0807 e. The molecule has 0 amide bonds. The first-order valence-electron chi connectivity index (χ1n) is 6.37. The van der Waals surface area contributed by atoms with Gasteiger partial charge < -0.3 is 0 Å². The lowest BCUT2D eigenvalue weighted by Crippen LogP contribution is -2.11. The van der Waals surface area contributed by atoms with Crippen LogP contribution in [-0.4, -0.2) is 0 Å². The summed E-state index contributed by atoms with van der Waals surface area (Å²) in [6.07, 6.45) is 7.65. The monoisotopic (exact) mass is 214 g/mol. The van der Waals surface area contributed by atoms with E-state index >= 15 is 0 Å². The van der Waals surface area contributed by atoms with Crippen LogP contribution in [0.4, 0.5) is 0 Å². The van der Waals surface area contributed by atoms with Gasteiger partial charge in [0.25, 0.3) is 0 Å². The number of rotatable bonds is 1. The smallest absolute Gasteiger partial charge is 0.0132 e. The minimum atomic E-state index is 0.255. The van der Waals surface area contributed by atoms with E-state index in [0.717, 1.165) is 0 Å². The molecule has 0 aliphatic heterocycles. The molecule has 0 saturated carbocycles. The van der Waals surface area contributed by atoms with E-state index < -0.39 is 0 Å². The molecule has 0 radical (unpaired) electrons. The van der Waals surface area contributed by atoms with E-state index in [-0.39, 0.29) is 5.41 Å². The van der Waals surface area contributed by atoms with Crippen LogP contribution in [-0.2, 0) is 5.41 Å². The summed E-state index contributed by atoms with van der Waals surface area (Å²) >= 11 is 0. The van der Waals surface area contributed by atoms with Crippen LogP contribution in [0.3, 0.4) is 0 Å². The lowest BCUT2D eigenvalue weighted by molar-refractivity contribution is 0.590. The van der Waals surface area contributed by atoms with Gasteiger partial charge in [0.2, 0.25) is 0 Å². The van der Waals surface area contributed by atoms with Crippen molar-refractivity contribution < 1.29 is 0 Å². The van der Waals surface area contributed by atoms with E-state index in [4.69, 9.17) is 0 Å². The molecule has 0 atom stereocenters. The summed E-state index contributed by atoms with van der Waals surface area (Å²) < 4.78 is 0. The second-order valence-electron chi connectivity index (χ2n) is 5.81. The summed E-state index contributed by atoms with van der Waals surface area (Å²) in [5, 5.41) is 0. The molecule has 0 bridgehead atoms. The molecule has 86 valence electrons. The van der Waals surface area contributed by atoms with Crippen molar-refractivity contribution in [2.75, 3.05) is 0 Å². The Balaban J connectivity index is 2.32. The van der Waals surface area contributed by atoms with Crippen LogP contribution in [0.1, 0.15) is 57.6 Å². The SMILES string of the molecule is CC(C)(C)c1cccc(C2=CCCCC2)c1. The molecule has 1 aliphatic rings. The molecular formula is C16H22. The molecule has 0 N–H and O–H groups in total. The summed E-state index contributed by atoms with van der Waals surface area (Å²) in [4.78, 5) is 0. The van der Waals surface area contributed by atoms with Gasteiger partial charge in [0.1, 0.15) is 0 Å². The Kier molecular flexibility index (Phi) is 3.18. The van der Waals surface area contributed by atoms with Crippen molar-refractivity contribution in [1.82, 2.24) is 0 Å². The zero-order valence-corrected chi connectivity index (χ0v) is 10.7. The van der Waals surface area contributed by atoms with Crippen LogP contribution in [0.5, 0.6) is 0 Å². The summed E-state index contributed by atoms with van der Waals surface area (Å²) in [5.74, 6) is 0. The Hall–Kier alpha value is -1.04. The molecule has 0 unspecified atom stereocenters. The third kappa shape index (κ3) is 2.55. The van der Waals surface area contributed by atoms with Crippen LogP contribution in [0.2, 0.25) is 0 Å². The standard InChI is InChI=1S/C16H22/c1-16(2,3)15-11-7-10-14(12-15)13-8-5-4-6-9-13/h7-8,10-12H,4-6,9H2,1-3H3. The van der Waals surface area contributed by atoms with Crippen molar-refractivity contribution in [3.05, 3.63) is 41.5 Å². The maximum absolute atomic E-state index is 2.42. The largest absolute Gasteiger partial charge is 0.0807 e. The van der Waals surface area contributed by atoms with Crippen molar-refractivity contribution in [3.63, 3.8) is 0 Å². The van der Waals surface area contributed by atoms with Gasteiger partial charge in [-0.15, -0.1) is 0 Å². The Morgan fingerprint density at radius 1 is 1.06 bits per heavy atom. The van der Waals surface area contributed by atoms with Gasteiger partial charge in [0, 0.05) is 0 Å². The quantitative estimate of drug-likeness (QED) is 0.621. The van der Waals surface area contributed by atoms with Gasteiger partial charge in [-0.3, -0.25) is 0 Å². The molecule has 1 aromatic carbocycles. The first kappa shape index (κ1) is 11.4. The maximum Gasteiger partial charge on any atom is -0.0132 e. The van der Waals surface area contributed by atoms with Gasteiger partial charge in [-0.05, 0) is 47.8 Å². The van der Waals surface area contributed by atoms with Crippen molar-refractivity contribution in [3.8, 4) is 0 Å². The zero-order chi connectivity index (χ0) is 11.6. The lowest BCUT2D eigenvalue weighted by Gasteiger charge is -2.21. The van der Waals surface area contributed by atoms with Gasteiger partial charge in [-0.25, -0.2) is 0 Å². The first-order chi connectivity index (χ1) is 7.57. The maximum atomic E-state index is 2.42. The van der Waals surface area contributed by atoms with Crippen LogP contribution in [0, 0.1) is 0 Å². The highest BCUT2D eigenvalue weighted by atomic mass is 14.2.